The number of rotatable bonds is 1. The van der Waals surface area contributed by atoms with Crippen LogP contribution in [-0.2, 0) is 10.3 Å². The molecule has 0 radical (unpaired) electrons. The van der Waals surface area contributed by atoms with E-state index in [9.17, 15) is 8.42 Å². The van der Waals surface area contributed by atoms with E-state index in [1.165, 1.54) is 0 Å². The molecule has 3 rings (SSSR count). The number of benzene rings is 2. The first-order valence-corrected chi connectivity index (χ1v) is 6.30. The third-order valence-electron chi connectivity index (χ3n) is 2.65. The van der Waals surface area contributed by atoms with Crippen molar-refractivity contribution in [2.45, 2.75) is 0 Å². The highest BCUT2D eigenvalue weighted by Gasteiger charge is 2.23. The zero-order valence-electron chi connectivity index (χ0n) is 8.61. The second kappa shape index (κ2) is 3.28. The maximum absolute atomic E-state index is 11.2. The van der Waals surface area contributed by atoms with Gasteiger partial charge in [0.15, 0.2) is 0 Å². The lowest BCUT2D eigenvalue weighted by Crippen LogP contribution is -2.29. The molecule has 0 spiro atoms. The highest BCUT2D eigenvalue weighted by Crippen LogP contribution is 2.37. The van der Waals surface area contributed by atoms with Gasteiger partial charge in [-0.15, -0.1) is 0 Å². The molecule has 0 bridgehead atoms. The lowest BCUT2D eigenvalue weighted by atomic mass is 10.1. The second-order valence-corrected chi connectivity index (χ2v) is 4.96. The molecule has 2 aromatic rings. The number of nitrogens with zero attached hydrogens (tertiary/aromatic N) is 2. The lowest BCUT2D eigenvalue weighted by Gasteiger charge is -2.21. The van der Waals surface area contributed by atoms with Crippen molar-refractivity contribution in [3.8, 4) is 0 Å². The summed E-state index contributed by atoms with van der Waals surface area (Å²) < 4.78 is 32.3. The third kappa shape index (κ3) is 1.49. The van der Waals surface area contributed by atoms with Crippen LogP contribution in [0.15, 0.2) is 41.4 Å². The summed E-state index contributed by atoms with van der Waals surface area (Å²) in [7, 11) is -4.33. The molecule has 0 saturated carbocycles. The Labute approximate surface area is 97.9 Å². The smallest absolute Gasteiger partial charge is 0.269 e. The van der Waals surface area contributed by atoms with Gasteiger partial charge in [0.2, 0.25) is 0 Å². The molecule has 0 unspecified atom stereocenters. The van der Waals surface area contributed by atoms with Crippen molar-refractivity contribution in [1.29, 1.82) is 0 Å². The molecule has 5 nitrogen and oxygen atoms in total. The molecule has 1 aliphatic heterocycles. The number of aliphatic imine (C=N–C) groups is 1. The Morgan fingerprint density at radius 2 is 1.82 bits per heavy atom. The minimum absolute atomic E-state index is 0.413. The minimum Gasteiger partial charge on any atom is -0.269 e. The maximum atomic E-state index is 11.2. The zero-order chi connectivity index (χ0) is 12.0. The van der Waals surface area contributed by atoms with Crippen LogP contribution < -0.4 is 4.31 Å². The first-order valence-electron chi connectivity index (χ1n) is 4.90. The summed E-state index contributed by atoms with van der Waals surface area (Å²) in [6.45, 7) is 0. The van der Waals surface area contributed by atoms with E-state index in [0.717, 1.165) is 21.4 Å². The maximum Gasteiger partial charge on any atom is 0.365 e. The van der Waals surface area contributed by atoms with Crippen LogP contribution in [0.25, 0.3) is 10.8 Å². The van der Waals surface area contributed by atoms with Gasteiger partial charge >= 0.3 is 10.3 Å². The van der Waals surface area contributed by atoms with Gasteiger partial charge in [0.1, 0.15) is 6.34 Å². The van der Waals surface area contributed by atoms with Crippen molar-refractivity contribution >= 4 is 38.8 Å². The molecule has 0 amide bonds. The normalized spacial score (nSPS) is 14.3. The molecule has 2 aromatic carbocycles. The van der Waals surface area contributed by atoms with Gasteiger partial charge in [0.25, 0.3) is 0 Å². The zero-order valence-corrected chi connectivity index (χ0v) is 9.42. The summed E-state index contributed by atoms with van der Waals surface area (Å²) in [4.78, 5) is 4.02. The van der Waals surface area contributed by atoms with Crippen LogP contribution in [0.2, 0.25) is 0 Å². The fourth-order valence-corrected chi connectivity index (χ4v) is 2.52. The molecule has 17 heavy (non-hydrogen) atoms. The van der Waals surface area contributed by atoms with Crippen molar-refractivity contribution in [2.75, 3.05) is 4.31 Å². The monoisotopic (exact) mass is 248 g/mol. The van der Waals surface area contributed by atoms with Gasteiger partial charge in [0, 0.05) is 5.39 Å². The standard InChI is InChI=1S/C11H8N2O3S/c14-17(15,16)13-7-12-9-5-1-3-8-4-2-6-10(13)11(8)9/h1-7H,(H,14,15,16). The Kier molecular flexibility index (Phi) is 1.98. The molecule has 0 saturated heterocycles. The van der Waals surface area contributed by atoms with Gasteiger partial charge in [-0.2, -0.15) is 8.42 Å². The van der Waals surface area contributed by atoms with E-state index in [1.807, 2.05) is 18.2 Å². The average molecular weight is 248 g/mol. The van der Waals surface area contributed by atoms with E-state index in [-0.39, 0.29) is 0 Å². The van der Waals surface area contributed by atoms with Crippen LogP contribution in [0.1, 0.15) is 0 Å². The Hall–Kier alpha value is -1.92. The van der Waals surface area contributed by atoms with Crippen LogP contribution in [0.4, 0.5) is 11.4 Å². The number of hydrogen-bond donors (Lipinski definition) is 1. The molecule has 0 atom stereocenters. The van der Waals surface area contributed by atoms with Crippen LogP contribution >= 0.6 is 0 Å². The average Bonchev–Trinajstić information content (AvgIpc) is 2.28. The quantitative estimate of drug-likeness (QED) is 0.786. The van der Waals surface area contributed by atoms with E-state index in [0.29, 0.717) is 11.4 Å². The first kappa shape index (κ1) is 10.2. The topological polar surface area (TPSA) is 70.0 Å². The molecule has 1 heterocycles. The predicted octanol–water partition coefficient (Wildman–Crippen LogP) is 2.12. The Balaban J connectivity index is 2.42. The van der Waals surface area contributed by atoms with Crippen molar-refractivity contribution in [2.24, 2.45) is 4.99 Å². The van der Waals surface area contributed by atoms with E-state index >= 15 is 0 Å². The van der Waals surface area contributed by atoms with E-state index in [2.05, 4.69) is 4.99 Å². The molecule has 6 heteroatoms. The fraction of sp³-hybridized carbons (Fsp3) is 0. The highest BCUT2D eigenvalue weighted by molar-refractivity contribution is 7.88. The number of hydrogen-bond acceptors (Lipinski definition) is 3. The summed E-state index contributed by atoms with van der Waals surface area (Å²) >= 11 is 0. The van der Waals surface area contributed by atoms with Gasteiger partial charge in [-0.3, -0.25) is 4.55 Å². The van der Waals surface area contributed by atoms with E-state index < -0.39 is 10.3 Å². The summed E-state index contributed by atoms with van der Waals surface area (Å²) in [5.74, 6) is 0. The SMILES string of the molecule is O=S(=O)(O)N1C=Nc2cccc3cccc1c23. The van der Waals surface area contributed by atoms with E-state index in [4.69, 9.17) is 4.55 Å². The summed E-state index contributed by atoms with van der Waals surface area (Å²) in [5.41, 5.74) is 1.11. The fourth-order valence-electron chi connectivity index (χ4n) is 1.95. The van der Waals surface area contributed by atoms with Gasteiger partial charge < -0.3 is 0 Å². The van der Waals surface area contributed by atoms with Crippen LogP contribution in [0.5, 0.6) is 0 Å². The summed E-state index contributed by atoms with van der Waals surface area (Å²) in [6.07, 6.45) is 1.10. The van der Waals surface area contributed by atoms with Gasteiger partial charge in [-0.05, 0) is 17.5 Å². The lowest BCUT2D eigenvalue weighted by molar-refractivity contribution is 0.485. The van der Waals surface area contributed by atoms with Crippen molar-refractivity contribution in [3.05, 3.63) is 36.4 Å². The Morgan fingerprint density at radius 1 is 1.12 bits per heavy atom. The van der Waals surface area contributed by atoms with Crippen molar-refractivity contribution in [3.63, 3.8) is 0 Å². The molecule has 1 aliphatic rings. The second-order valence-electron chi connectivity index (χ2n) is 3.67. The molecular weight excluding hydrogens is 240 g/mol. The van der Waals surface area contributed by atoms with Gasteiger partial charge in [0.05, 0.1) is 11.4 Å². The molecular formula is C11H8N2O3S. The molecule has 0 aromatic heterocycles. The first-order chi connectivity index (χ1) is 8.07. The van der Waals surface area contributed by atoms with E-state index in [1.54, 1.807) is 18.2 Å². The molecule has 1 N–H and O–H groups in total. The van der Waals surface area contributed by atoms with Gasteiger partial charge in [-0.25, -0.2) is 9.30 Å². The Bertz CT molecular complexity index is 732. The van der Waals surface area contributed by atoms with Crippen LogP contribution in [0, 0.1) is 0 Å². The summed E-state index contributed by atoms with van der Waals surface area (Å²) in [6, 6.07) is 10.7. The van der Waals surface area contributed by atoms with Gasteiger partial charge in [-0.1, -0.05) is 24.3 Å². The van der Waals surface area contributed by atoms with Crippen LogP contribution in [-0.4, -0.2) is 19.3 Å². The molecule has 86 valence electrons. The Morgan fingerprint density at radius 3 is 2.53 bits per heavy atom. The number of anilines is 1. The molecule has 0 fully saturated rings. The predicted molar refractivity (Wildman–Crippen MR) is 66.1 cm³/mol. The van der Waals surface area contributed by atoms with Crippen molar-refractivity contribution in [1.82, 2.24) is 0 Å². The molecule has 0 aliphatic carbocycles. The largest absolute Gasteiger partial charge is 0.365 e. The van der Waals surface area contributed by atoms with Crippen LogP contribution in [0.3, 0.4) is 0 Å². The summed E-state index contributed by atoms with van der Waals surface area (Å²) in [5, 5.41) is 1.60. The highest BCUT2D eigenvalue weighted by atomic mass is 32.2. The third-order valence-corrected chi connectivity index (χ3v) is 3.44. The van der Waals surface area contributed by atoms with Crippen molar-refractivity contribution < 1.29 is 13.0 Å². The minimum atomic E-state index is -4.33.